The summed E-state index contributed by atoms with van der Waals surface area (Å²) in [5.74, 6) is -6.08. The lowest BCUT2D eigenvalue weighted by atomic mass is 10.0. The van der Waals surface area contributed by atoms with Crippen LogP contribution >= 0.6 is 0 Å². The molecule has 1 rings (SSSR count). The Morgan fingerprint density at radius 2 is 1.36 bits per heavy atom. The molecule has 0 fully saturated rings. The zero-order valence-corrected chi connectivity index (χ0v) is 23.0. The molecule has 0 unspecified atom stereocenters. The van der Waals surface area contributed by atoms with Crippen LogP contribution in [0.4, 0.5) is 0 Å². The largest absolute Gasteiger partial charge is 0.481 e. The SMILES string of the molecule is CC(=O)N[C@@H](CC(=O)O)C(=O)N[C@@H](Cc1ccccc1)C(=O)N[C@@H](CC(=O)O)C(=O)NCCOCCOCCN=[N+]=[N-]. The van der Waals surface area contributed by atoms with Crippen molar-refractivity contribution >= 4 is 35.6 Å². The van der Waals surface area contributed by atoms with Gasteiger partial charge >= 0.3 is 11.9 Å². The molecule has 3 atom stereocenters. The summed E-state index contributed by atoms with van der Waals surface area (Å²) < 4.78 is 10.5. The van der Waals surface area contributed by atoms with Crippen LogP contribution in [0.3, 0.4) is 0 Å². The number of azide groups is 1. The molecule has 0 bridgehead atoms. The highest BCUT2D eigenvalue weighted by Crippen LogP contribution is 2.06. The second-order valence-electron chi connectivity index (χ2n) is 8.73. The minimum Gasteiger partial charge on any atom is -0.481 e. The molecule has 0 heterocycles. The van der Waals surface area contributed by atoms with Crippen molar-refractivity contribution in [3.8, 4) is 0 Å². The third-order valence-corrected chi connectivity index (χ3v) is 5.32. The van der Waals surface area contributed by atoms with Gasteiger partial charge in [0.2, 0.25) is 23.6 Å². The summed E-state index contributed by atoms with van der Waals surface area (Å²) in [5.41, 5.74) is 8.78. The van der Waals surface area contributed by atoms with Crippen molar-refractivity contribution in [1.82, 2.24) is 21.3 Å². The Balaban J connectivity index is 2.86. The van der Waals surface area contributed by atoms with Crippen molar-refractivity contribution in [2.45, 2.75) is 44.3 Å². The maximum atomic E-state index is 13.2. The third kappa shape index (κ3) is 15.8. The summed E-state index contributed by atoms with van der Waals surface area (Å²) in [4.78, 5) is 75.4. The lowest BCUT2D eigenvalue weighted by Crippen LogP contribution is -2.58. The Kier molecular flexibility index (Phi) is 17.0. The predicted molar refractivity (Wildman–Crippen MR) is 145 cm³/mol. The zero-order chi connectivity index (χ0) is 31.3. The molecular weight excluding hydrogens is 558 g/mol. The normalized spacial score (nSPS) is 12.5. The number of carboxylic acids is 2. The first kappa shape index (κ1) is 35.3. The number of hydrogen-bond donors (Lipinski definition) is 6. The highest BCUT2D eigenvalue weighted by atomic mass is 16.5. The van der Waals surface area contributed by atoms with Gasteiger partial charge in [-0.1, -0.05) is 35.4 Å². The van der Waals surface area contributed by atoms with E-state index in [9.17, 15) is 33.9 Å². The van der Waals surface area contributed by atoms with E-state index in [-0.39, 0.29) is 45.9 Å². The van der Waals surface area contributed by atoms with Gasteiger partial charge in [-0.2, -0.15) is 0 Å². The maximum absolute atomic E-state index is 13.2. The van der Waals surface area contributed by atoms with Gasteiger partial charge in [-0.3, -0.25) is 28.8 Å². The van der Waals surface area contributed by atoms with E-state index >= 15 is 0 Å². The minimum atomic E-state index is -1.51. The summed E-state index contributed by atoms with van der Waals surface area (Å²) in [6.07, 6.45) is -1.60. The summed E-state index contributed by atoms with van der Waals surface area (Å²) in [6.45, 7) is 1.94. The molecule has 0 aliphatic carbocycles. The number of rotatable bonds is 21. The number of nitrogens with one attached hydrogen (secondary N) is 4. The van der Waals surface area contributed by atoms with Gasteiger partial charge in [0.15, 0.2) is 0 Å². The van der Waals surface area contributed by atoms with E-state index in [4.69, 9.17) is 20.1 Å². The van der Waals surface area contributed by atoms with Crippen LogP contribution in [0.15, 0.2) is 35.4 Å². The van der Waals surface area contributed by atoms with Crippen LogP contribution in [-0.2, 0) is 44.7 Å². The molecule has 4 amide bonds. The Hall–Kier alpha value is -4.73. The topological polar surface area (TPSA) is 258 Å². The first-order chi connectivity index (χ1) is 20.0. The van der Waals surface area contributed by atoms with Crippen molar-refractivity contribution in [3.63, 3.8) is 0 Å². The van der Waals surface area contributed by atoms with Gasteiger partial charge in [0.05, 0.1) is 39.3 Å². The number of aliphatic carboxylic acids is 2. The minimum absolute atomic E-state index is 0.0126. The molecule has 17 nitrogen and oxygen atoms in total. The summed E-state index contributed by atoms with van der Waals surface area (Å²) in [5, 5.41) is 31.1. The van der Waals surface area contributed by atoms with Gasteiger partial charge < -0.3 is 41.0 Å². The average molecular weight is 594 g/mol. The Morgan fingerprint density at radius 1 is 0.810 bits per heavy atom. The van der Waals surface area contributed by atoms with Gasteiger partial charge in [-0.25, -0.2) is 0 Å². The van der Waals surface area contributed by atoms with Gasteiger partial charge in [0.1, 0.15) is 18.1 Å². The molecule has 6 N–H and O–H groups in total. The van der Waals surface area contributed by atoms with Gasteiger partial charge in [-0.05, 0) is 11.1 Å². The quantitative estimate of drug-likeness (QED) is 0.0443. The van der Waals surface area contributed by atoms with Crippen molar-refractivity contribution in [2.24, 2.45) is 5.11 Å². The van der Waals surface area contributed by atoms with E-state index in [1.54, 1.807) is 30.3 Å². The highest BCUT2D eigenvalue weighted by molar-refractivity contribution is 5.96. The summed E-state index contributed by atoms with van der Waals surface area (Å²) in [7, 11) is 0. The lowest BCUT2D eigenvalue weighted by Gasteiger charge is -2.24. The molecule has 0 radical (unpaired) electrons. The van der Waals surface area contributed by atoms with Crippen molar-refractivity contribution in [2.75, 3.05) is 39.5 Å². The summed E-state index contributed by atoms with van der Waals surface area (Å²) >= 11 is 0. The molecule has 1 aromatic rings. The fraction of sp³-hybridized carbons (Fsp3) is 0.520. The molecule has 0 spiro atoms. The van der Waals surface area contributed by atoms with Crippen LogP contribution in [0.2, 0.25) is 0 Å². The highest BCUT2D eigenvalue weighted by Gasteiger charge is 2.31. The van der Waals surface area contributed by atoms with Crippen LogP contribution in [0.1, 0.15) is 25.3 Å². The second kappa shape index (κ2) is 20.2. The molecule has 0 aromatic heterocycles. The lowest BCUT2D eigenvalue weighted by molar-refractivity contribution is -0.141. The molecule has 1 aromatic carbocycles. The molecule has 0 aliphatic heterocycles. The molecule has 0 aliphatic rings. The van der Waals surface area contributed by atoms with Gasteiger partial charge in [0, 0.05) is 31.3 Å². The zero-order valence-electron chi connectivity index (χ0n) is 23.0. The van der Waals surface area contributed by atoms with E-state index in [0.29, 0.717) is 5.56 Å². The number of carbonyl (C=O) groups is 6. The molecular formula is C25H35N7O10. The van der Waals surface area contributed by atoms with E-state index in [1.165, 1.54) is 0 Å². The fourth-order valence-corrected chi connectivity index (χ4v) is 3.46. The van der Waals surface area contributed by atoms with Crippen molar-refractivity contribution < 1.29 is 48.5 Å². The standard InChI is InChI=1S/C25H35N7O10/c1-16(33)29-20(15-22(36)37)25(40)30-18(13-17-5-3-2-4-6-17)24(39)31-19(14-21(34)35)23(38)27-7-9-41-11-12-42-10-8-28-32-26/h2-6,18-20H,7-15H2,1H3,(H,27,38)(H,29,33)(H,30,40)(H,31,39)(H,34,35)(H,36,37)/t18-,19-,20-/m0/s1. The van der Waals surface area contributed by atoms with Gasteiger partial charge in [0.25, 0.3) is 0 Å². The third-order valence-electron chi connectivity index (χ3n) is 5.32. The molecule has 42 heavy (non-hydrogen) atoms. The monoisotopic (exact) mass is 593 g/mol. The maximum Gasteiger partial charge on any atom is 0.305 e. The van der Waals surface area contributed by atoms with E-state index in [2.05, 4.69) is 31.3 Å². The Bertz CT molecular complexity index is 1100. The number of carboxylic acid groups (broad SMARTS) is 2. The van der Waals surface area contributed by atoms with Gasteiger partial charge in [-0.15, -0.1) is 0 Å². The number of hydrogen-bond acceptors (Lipinski definition) is 9. The Labute approximate surface area is 240 Å². The molecule has 17 heteroatoms. The fourth-order valence-electron chi connectivity index (χ4n) is 3.46. The predicted octanol–water partition coefficient (Wildman–Crippen LogP) is -0.887. The van der Waals surface area contributed by atoms with Crippen LogP contribution in [-0.4, -0.2) is 103 Å². The molecule has 230 valence electrons. The first-order valence-electron chi connectivity index (χ1n) is 12.8. The van der Waals surface area contributed by atoms with E-state index in [1.807, 2.05) is 0 Å². The number of ether oxygens (including phenoxy) is 2. The first-order valence-corrected chi connectivity index (χ1v) is 12.8. The second-order valence-corrected chi connectivity index (χ2v) is 8.73. The van der Waals surface area contributed by atoms with Crippen molar-refractivity contribution in [1.29, 1.82) is 0 Å². The number of amides is 4. The summed E-state index contributed by atoms with van der Waals surface area (Å²) in [6, 6.07) is 4.09. The van der Waals surface area contributed by atoms with Crippen LogP contribution in [0, 0.1) is 0 Å². The number of carbonyl (C=O) groups excluding carboxylic acids is 4. The number of nitrogens with zero attached hydrogens (tertiary/aromatic N) is 3. The molecule has 0 saturated carbocycles. The van der Waals surface area contributed by atoms with E-state index < -0.39 is 66.5 Å². The van der Waals surface area contributed by atoms with Crippen LogP contribution < -0.4 is 21.3 Å². The van der Waals surface area contributed by atoms with E-state index in [0.717, 1.165) is 6.92 Å². The Morgan fingerprint density at radius 3 is 1.93 bits per heavy atom. The molecule has 0 saturated heterocycles. The number of benzene rings is 1. The smallest absolute Gasteiger partial charge is 0.305 e. The van der Waals surface area contributed by atoms with Crippen LogP contribution in [0.25, 0.3) is 10.4 Å². The average Bonchev–Trinajstić information content (AvgIpc) is 2.92. The van der Waals surface area contributed by atoms with Crippen molar-refractivity contribution in [3.05, 3.63) is 46.3 Å². The van der Waals surface area contributed by atoms with Crippen LogP contribution in [0.5, 0.6) is 0 Å².